The average Bonchev–Trinajstić information content (AvgIpc) is 2.32. The van der Waals surface area contributed by atoms with Crippen LogP contribution in [0.25, 0.3) is 0 Å². The van der Waals surface area contributed by atoms with Crippen LogP contribution in [-0.2, 0) is 17.3 Å². The van der Waals surface area contributed by atoms with Crippen LogP contribution in [0.5, 0.6) is 0 Å². The number of hydrogen-bond acceptors (Lipinski definition) is 3. The number of rotatable bonds is 3. The second kappa shape index (κ2) is 5.86. The molecule has 0 atom stereocenters. The lowest BCUT2D eigenvalue weighted by Crippen LogP contribution is -2.37. The normalized spacial score (nSPS) is 17.8. The van der Waals surface area contributed by atoms with E-state index in [0.717, 1.165) is 24.2 Å². The van der Waals surface area contributed by atoms with Gasteiger partial charge < -0.3 is 5.73 Å². The first-order chi connectivity index (χ1) is 8.56. The summed E-state index contributed by atoms with van der Waals surface area (Å²) in [5.41, 5.74) is 7.16. The first kappa shape index (κ1) is 13.6. The molecule has 0 radical (unpaired) electrons. The van der Waals surface area contributed by atoms with Gasteiger partial charge in [-0.15, -0.1) is 0 Å². The highest BCUT2D eigenvalue weighted by atomic mass is 32.2. The van der Waals surface area contributed by atoms with Crippen molar-refractivity contribution in [2.24, 2.45) is 5.73 Å². The molecular weight excluding hydrogens is 271 g/mol. The zero-order valence-electron chi connectivity index (χ0n) is 9.89. The highest BCUT2D eigenvalue weighted by Crippen LogP contribution is 2.15. The molecule has 1 aliphatic heterocycles. The summed E-state index contributed by atoms with van der Waals surface area (Å²) in [6.07, 6.45) is 0. The standard InChI is InChI=1S/C12H15FN2OS2/c13-10-1-2-11(12(14)17)9(7-10)8-15-3-5-18(16)6-4-15/h1-2,7H,3-6,8H2,(H2,14,17). The Morgan fingerprint density at radius 2 is 2.11 bits per heavy atom. The van der Waals surface area contributed by atoms with Gasteiger partial charge >= 0.3 is 0 Å². The van der Waals surface area contributed by atoms with Gasteiger partial charge in [0.05, 0.1) is 0 Å². The average molecular weight is 286 g/mol. The van der Waals surface area contributed by atoms with Crippen molar-refractivity contribution in [2.75, 3.05) is 24.6 Å². The Bertz CT molecular complexity index is 483. The van der Waals surface area contributed by atoms with Crippen molar-refractivity contribution in [3.63, 3.8) is 0 Å². The van der Waals surface area contributed by atoms with E-state index in [1.165, 1.54) is 12.1 Å². The van der Waals surface area contributed by atoms with Gasteiger partial charge in [0.15, 0.2) is 0 Å². The van der Waals surface area contributed by atoms with E-state index in [0.29, 0.717) is 18.1 Å². The molecule has 1 heterocycles. The molecule has 2 rings (SSSR count). The molecule has 98 valence electrons. The van der Waals surface area contributed by atoms with Crippen LogP contribution in [0.4, 0.5) is 4.39 Å². The van der Waals surface area contributed by atoms with Crippen LogP contribution in [0.2, 0.25) is 0 Å². The molecule has 0 bridgehead atoms. The van der Waals surface area contributed by atoms with E-state index in [2.05, 4.69) is 4.90 Å². The number of nitrogens with two attached hydrogens (primary N) is 1. The van der Waals surface area contributed by atoms with E-state index in [9.17, 15) is 8.60 Å². The fourth-order valence-electron chi connectivity index (χ4n) is 2.01. The molecule has 1 aliphatic rings. The molecule has 1 saturated heterocycles. The highest BCUT2D eigenvalue weighted by Gasteiger charge is 2.17. The molecule has 3 nitrogen and oxygen atoms in total. The molecule has 0 spiro atoms. The summed E-state index contributed by atoms with van der Waals surface area (Å²) < 4.78 is 24.5. The van der Waals surface area contributed by atoms with E-state index < -0.39 is 10.8 Å². The summed E-state index contributed by atoms with van der Waals surface area (Å²) in [6.45, 7) is 2.13. The van der Waals surface area contributed by atoms with Crippen molar-refractivity contribution in [1.82, 2.24) is 4.90 Å². The van der Waals surface area contributed by atoms with Crippen molar-refractivity contribution in [3.05, 3.63) is 35.1 Å². The predicted molar refractivity (Wildman–Crippen MR) is 75.4 cm³/mol. The molecule has 6 heteroatoms. The van der Waals surface area contributed by atoms with Crippen molar-refractivity contribution in [2.45, 2.75) is 6.54 Å². The van der Waals surface area contributed by atoms with Gasteiger partial charge in [-0.25, -0.2) is 4.39 Å². The number of halogens is 1. The Morgan fingerprint density at radius 1 is 1.44 bits per heavy atom. The van der Waals surface area contributed by atoms with Crippen LogP contribution < -0.4 is 5.73 Å². The topological polar surface area (TPSA) is 46.3 Å². The second-order valence-corrected chi connectivity index (χ2v) is 6.43. The number of thiocarbonyl (C=S) groups is 1. The van der Waals surface area contributed by atoms with Crippen LogP contribution in [0.1, 0.15) is 11.1 Å². The van der Waals surface area contributed by atoms with Crippen LogP contribution in [0.15, 0.2) is 18.2 Å². The van der Waals surface area contributed by atoms with Crippen LogP contribution in [0.3, 0.4) is 0 Å². The Hall–Kier alpha value is -0.850. The number of nitrogens with zero attached hydrogens (tertiary/aromatic N) is 1. The highest BCUT2D eigenvalue weighted by molar-refractivity contribution is 7.85. The minimum atomic E-state index is -0.704. The van der Waals surface area contributed by atoms with Gasteiger partial charge in [-0.3, -0.25) is 9.11 Å². The van der Waals surface area contributed by atoms with Crippen LogP contribution in [0, 0.1) is 5.82 Å². The van der Waals surface area contributed by atoms with Gasteiger partial charge in [-0.2, -0.15) is 0 Å². The monoisotopic (exact) mass is 286 g/mol. The molecule has 0 aliphatic carbocycles. The van der Waals surface area contributed by atoms with Crippen LogP contribution >= 0.6 is 12.2 Å². The number of hydrogen-bond donors (Lipinski definition) is 1. The van der Waals surface area contributed by atoms with Gasteiger partial charge in [0.2, 0.25) is 0 Å². The lowest BCUT2D eigenvalue weighted by Gasteiger charge is -2.26. The number of benzene rings is 1. The summed E-state index contributed by atoms with van der Waals surface area (Å²) in [4.78, 5) is 2.43. The van der Waals surface area contributed by atoms with Crippen molar-refractivity contribution in [1.29, 1.82) is 0 Å². The predicted octanol–water partition coefficient (Wildman–Crippen LogP) is 1.02. The summed E-state index contributed by atoms with van der Waals surface area (Å²) in [7, 11) is -0.704. The third-order valence-electron chi connectivity index (χ3n) is 3.00. The first-order valence-electron chi connectivity index (χ1n) is 5.72. The fraction of sp³-hybridized carbons (Fsp3) is 0.417. The molecule has 0 amide bonds. The van der Waals surface area contributed by atoms with Crippen molar-refractivity contribution >= 4 is 28.0 Å². The van der Waals surface area contributed by atoms with E-state index in [4.69, 9.17) is 18.0 Å². The Morgan fingerprint density at radius 3 is 2.72 bits per heavy atom. The molecule has 0 aromatic heterocycles. The quantitative estimate of drug-likeness (QED) is 0.843. The molecule has 18 heavy (non-hydrogen) atoms. The zero-order valence-corrected chi connectivity index (χ0v) is 11.5. The minimum absolute atomic E-state index is 0.283. The third kappa shape index (κ3) is 3.34. The van der Waals surface area contributed by atoms with E-state index in [-0.39, 0.29) is 10.8 Å². The molecule has 1 fully saturated rings. The molecule has 1 aromatic rings. The maximum atomic E-state index is 13.3. The smallest absolute Gasteiger partial charge is 0.123 e. The Kier molecular flexibility index (Phi) is 4.42. The van der Waals surface area contributed by atoms with E-state index >= 15 is 0 Å². The lowest BCUT2D eigenvalue weighted by molar-refractivity contribution is 0.291. The second-order valence-electron chi connectivity index (χ2n) is 4.29. The largest absolute Gasteiger partial charge is 0.389 e. The van der Waals surface area contributed by atoms with E-state index in [1.54, 1.807) is 6.07 Å². The molecule has 2 N–H and O–H groups in total. The maximum Gasteiger partial charge on any atom is 0.123 e. The van der Waals surface area contributed by atoms with Gasteiger partial charge in [-0.05, 0) is 23.8 Å². The summed E-state index contributed by atoms with van der Waals surface area (Å²) >= 11 is 4.97. The Labute approximate surface area is 114 Å². The van der Waals surface area contributed by atoms with E-state index in [1.807, 2.05) is 0 Å². The molecule has 0 unspecified atom stereocenters. The molecule has 0 saturated carbocycles. The third-order valence-corrected chi connectivity index (χ3v) is 4.49. The maximum absolute atomic E-state index is 13.3. The fourth-order valence-corrected chi connectivity index (χ4v) is 3.34. The lowest BCUT2D eigenvalue weighted by atomic mass is 10.1. The SMILES string of the molecule is NC(=S)c1ccc(F)cc1CN1CCS(=O)CC1. The molecular formula is C12H15FN2OS2. The van der Waals surface area contributed by atoms with Crippen molar-refractivity contribution in [3.8, 4) is 0 Å². The summed E-state index contributed by atoms with van der Waals surface area (Å²) in [6, 6.07) is 4.46. The van der Waals surface area contributed by atoms with Gasteiger partial charge in [0.25, 0.3) is 0 Å². The summed E-state index contributed by atoms with van der Waals surface area (Å²) in [5, 5.41) is 0. The van der Waals surface area contributed by atoms with Gasteiger partial charge in [0.1, 0.15) is 10.8 Å². The summed E-state index contributed by atoms with van der Waals surface area (Å²) in [5.74, 6) is 1.07. The molecule has 1 aromatic carbocycles. The Balaban J connectivity index is 2.15. The van der Waals surface area contributed by atoms with Crippen molar-refractivity contribution < 1.29 is 8.60 Å². The van der Waals surface area contributed by atoms with Gasteiger partial charge in [0, 0.05) is 47.5 Å². The van der Waals surface area contributed by atoms with Gasteiger partial charge in [-0.1, -0.05) is 12.2 Å². The van der Waals surface area contributed by atoms with Crippen LogP contribution in [-0.4, -0.2) is 38.7 Å². The zero-order chi connectivity index (χ0) is 13.1. The first-order valence-corrected chi connectivity index (χ1v) is 7.61. The minimum Gasteiger partial charge on any atom is -0.389 e.